The summed E-state index contributed by atoms with van der Waals surface area (Å²) in [5.74, 6) is -3.07. The van der Waals surface area contributed by atoms with Gasteiger partial charge in [-0.3, -0.25) is 28.8 Å². The minimum atomic E-state index is -1.06. The maximum absolute atomic E-state index is 13.5. The number of nitrogens with zero attached hydrogens (tertiary/aromatic N) is 1. The first-order chi connectivity index (χ1) is 22.8. The number of rotatable bonds is 7. The van der Waals surface area contributed by atoms with E-state index in [4.69, 9.17) is 4.74 Å². The number of hydrogen-bond donors (Lipinski definition) is 5. The van der Waals surface area contributed by atoms with Gasteiger partial charge in [-0.05, 0) is 62.3 Å². The summed E-state index contributed by atoms with van der Waals surface area (Å²) in [5.41, 5.74) is 2.70. The van der Waals surface area contributed by atoms with Gasteiger partial charge < -0.3 is 36.2 Å². The third-order valence-electron chi connectivity index (χ3n) is 8.21. The van der Waals surface area contributed by atoms with Crippen molar-refractivity contribution in [2.24, 2.45) is 5.92 Å². The number of likely N-dealkylation sites (N-methyl/N-ethyl adjacent to an activating group) is 1. The molecule has 1 aliphatic rings. The monoisotopic (exact) mass is 664 g/mol. The molecule has 13 nitrogen and oxygen atoms in total. The van der Waals surface area contributed by atoms with Crippen LogP contribution in [0.15, 0.2) is 48.5 Å². The van der Waals surface area contributed by atoms with Gasteiger partial charge in [0, 0.05) is 20.0 Å². The minimum Gasteiger partial charge on any atom is -0.483 e. The summed E-state index contributed by atoms with van der Waals surface area (Å²) in [6.07, 6.45) is 0.619. The Morgan fingerprint density at radius 2 is 1.65 bits per heavy atom. The number of carbonyl (C=O) groups excluding carboxylic acids is 6. The molecule has 6 amide bonds. The van der Waals surface area contributed by atoms with E-state index in [1.54, 1.807) is 19.9 Å². The molecule has 260 valence electrons. The molecule has 0 unspecified atom stereocenters. The highest BCUT2D eigenvalue weighted by Gasteiger charge is 2.32. The lowest BCUT2D eigenvalue weighted by Crippen LogP contribution is -2.59. The molecule has 0 aliphatic carbocycles. The van der Waals surface area contributed by atoms with Crippen LogP contribution >= 0.6 is 0 Å². The molecule has 1 aliphatic heterocycles. The second-order valence-corrected chi connectivity index (χ2v) is 12.5. The van der Waals surface area contributed by atoms with Gasteiger partial charge in [-0.25, -0.2) is 0 Å². The van der Waals surface area contributed by atoms with Crippen LogP contribution in [-0.4, -0.2) is 91.3 Å². The summed E-state index contributed by atoms with van der Waals surface area (Å²) in [5, 5.41) is 13.5. The number of hydrogen-bond acceptors (Lipinski definition) is 7. The lowest BCUT2D eigenvalue weighted by atomic mass is 10.0. The molecule has 1 heterocycles. The van der Waals surface area contributed by atoms with Gasteiger partial charge in [-0.15, -0.1) is 0 Å². The number of ether oxygens (including phenoxy) is 1. The first kappa shape index (κ1) is 37.5. The average Bonchev–Trinajstić information content (AvgIpc) is 3.04. The Morgan fingerprint density at radius 3 is 2.33 bits per heavy atom. The molecule has 3 rings (SSSR count). The van der Waals surface area contributed by atoms with Gasteiger partial charge >= 0.3 is 0 Å². The summed E-state index contributed by atoms with van der Waals surface area (Å²) in [6, 6.07) is 10.5. The third kappa shape index (κ3) is 11.1. The molecule has 13 heteroatoms. The summed E-state index contributed by atoms with van der Waals surface area (Å²) < 4.78 is 5.71. The second-order valence-electron chi connectivity index (χ2n) is 12.5. The summed E-state index contributed by atoms with van der Waals surface area (Å²) in [4.78, 5) is 80.5. The fourth-order valence-corrected chi connectivity index (χ4v) is 5.18. The molecular weight excluding hydrogens is 616 g/mol. The molecule has 0 radical (unpaired) electrons. The minimum absolute atomic E-state index is 0.139. The molecule has 0 bridgehead atoms. The van der Waals surface area contributed by atoms with E-state index in [1.165, 1.54) is 18.9 Å². The normalized spacial score (nSPS) is 22.1. The van der Waals surface area contributed by atoms with Crippen molar-refractivity contribution >= 4 is 35.4 Å². The van der Waals surface area contributed by atoms with Crippen LogP contribution in [0.2, 0.25) is 0 Å². The van der Waals surface area contributed by atoms with E-state index < -0.39 is 59.6 Å². The van der Waals surface area contributed by atoms with Crippen LogP contribution in [0.3, 0.4) is 0 Å². The van der Waals surface area contributed by atoms with Gasteiger partial charge in [0.2, 0.25) is 29.5 Å². The Kier molecular flexibility index (Phi) is 13.9. The first-order valence-electron chi connectivity index (χ1n) is 16.2. The van der Waals surface area contributed by atoms with E-state index in [0.717, 1.165) is 16.7 Å². The van der Waals surface area contributed by atoms with Gasteiger partial charge in [0.25, 0.3) is 5.91 Å². The topological polar surface area (TPSA) is 175 Å². The van der Waals surface area contributed by atoms with Crippen LogP contribution in [-0.2, 0) is 35.2 Å². The van der Waals surface area contributed by atoms with Crippen LogP contribution in [0.1, 0.15) is 50.3 Å². The van der Waals surface area contributed by atoms with E-state index in [0.29, 0.717) is 12.2 Å². The van der Waals surface area contributed by atoms with E-state index in [9.17, 15) is 28.8 Å². The molecule has 5 N–H and O–H groups in total. The largest absolute Gasteiger partial charge is 0.483 e. The quantitative estimate of drug-likeness (QED) is 0.292. The number of nitrogens with one attached hydrogen (secondary N) is 5. The van der Waals surface area contributed by atoms with E-state index in [-0.39, 0.29) is 38.5 Å². The second kappa shape index (κ2) is 17.8. The van der Waals surface area contributed by atoms with Crippen molar-refractivity contribution in [2.45, 2.75) is 78.0 Å². The molecule has 48 heavy (non-hydrogen) atoms. The number of aryl methyl sites for hydroxylation is 1. The maximum Gasteiger partial charge on any atom is 0.258 e. The van der Waals surface area contributed by atoms with Gasteiger partial charge in [-0.1, -0.05) is 56.3 Å². The van der Waals surface area contributed by atoms with Crippen molar-refractivity contribution < 1.29 is 33.5 Å². The van der Waals surface area contributed by atoms with E-state index in [1.807, 2.05) is 56.3 Å². The highest BCUT2D eigenvalue weighted by molar-refractivity contribution is 5.96. The molecule has 0 saturated carbocycles. The van der Waals surface area contributed by atoms with Gasteiger partial charge in [0.15, 0.2) is 6.61 Å². The molecule has 0 aromatic heterocycles. The summed E-state index contributed by atoms with van der Waals surface area (Å²) in [6.45, 7) is 8.34. The van der Waals surface area contributed by atoms with Crippen LogP contribution in [0.25, 0.3) is 0 Å². The molecule has 2 aromatic carbocycles. The molecule has 4 atom stereocenters. The number of amides is 6. The Hall–Kier alpha value is -4.94. The lowest BCUT2D eigenvalue weighted by molar-refractivity contribution is -0.139. The van der Waals surface area contributed by atoms with Crippen LogP contribution in [0, 0.1) is 19.8 Å². The fraction of sp³-hybridized carbons (Fsp3) is 0.486. The standard InChI is InChI=1S/C35H48N6O7/c1-21(2)31-34(46)37-24(5)32(44)39-27(18-25-13-8-7-9-14-25)35(47)41(6)19-29(42)36-17-11-15-26(33(45)40-31)38-30(43)20-48-28-16-10-12-22(3)23(28)4/h7-10,12-14,16,21,24,26-27,31H,11,15,17-20H2,1-6H3,(H,36,42)(H,37,46)(H,38,43)(H,39,44)(H,40,45)/t24-,26+,27+,31-/m1/s1. The summed E-state index contributed by atoms with van der Waals surface area (Å²) in [7, 11) is 1.47. The summed E-state index contributed by atoms with van der Waals surface area (Å²) >= 11 is 0. The van der Waals surface area contributed by atoms with Crippen molar-refractivity contribution in [3.8, 4) is 5.75 Å². The smallest absolute Gasteiger partial charge is 0.258 e. The lowest BCUT2D eigenvalue weighted by Gasteiger charge is -2.28. The van der Waals surface area contributed by atoms with Crippen LogP contribution < -0.4 is 31.3 Å². The zero-order valence-electron chi connectivity index (χ0n) is 28.6. The van der Waals surface area contributed by atoms with Crippen molar-refractivity contribution in [2.75, 3.05) is 26.7 Å². The Balaban J connectivity index is 1.79. The SMILES string of the molecule is Cc1cccc(OCC(=O)N[C@H]2CCCNC(=O)CN(C)C(=O)[C@H](Cc3ccccc3)NC(=O)[C@@H](C)NC(=O)[C@@H](C(C)C)NC2=O)c1C. The number of carbonyl (C=O) groups is 6. The van der Waals surface area contributed by atoms with Gasteiger partial charge in [-0.2, -0.15) is 0 Å². The first-order valence-corrected chi connectivity index (χ1v) is 16.2. The van der Waals surface area contributed by atoms with Crippen molar-refractivity contribution in [1.82, 2.24) is 31.5 Å². The van der Waals surface area contributed by atoms with E-state index >= 15 is 0 Å². The van der Waals surface area contributed by atoms with Crippen molar-refractivity contribution in [3.63, 3.8) is 0 Å². The Bertz CT molecular complexity index is 1460. The highest BCUT2D eigenvalue weighted by atomic mass is 16.5. The third-order valence-corrected chi connectivity index (χ3v) is 8.21. The van der Waals surface area contributed by atoms with Crippen LogP contribution in [0.4, 0.5) is 0 Å². The molecule has 1 saturated heterocycles. The van der Waals surface area contributed by atoms with Crippen molar-refractivity contribution in [3.05, 3.63) is 65.2 Å². The predicted molar refractivity (Wildman–Crippen MR) is 180 cm³/mol. The average molecular weight is 665 g/mol. The molecule has 2 aromatic rings. The predicted octanol–water partition coefficient (Wildman–Crippen LogP) is 0.908. The van der Waals surface area contributed by atoms with Crippen molar-refractivity contribution in [1.29, 1.82) is 0 Å². The fourth-order valence-electron chi connectivity index (χ4n) is 5.18. The number of benzene rings is 2. The van der Waals surface area contributed by atoms with Crippen LogP contribution in [0.5, 0.6) is 5.75 Å². The van der Waals surface area contributed by atoms with Gasteiger partial charge in [0.05, 0.1) is 6.54 Å². The van der Waals surface area contributed by atoms with Gasteiger partial charge in [0.1, 0.15) is 29.9 Å². The zero-order valence-corrected chi connectivity index (χ0v) is 28.6. The maximum atomic E-state index is 13.5. The highest BCUT2D eigenvalue weighted by Crippen LogP contribution is 2.20. The zero-order chi connectivity index (χ0) is 35.4. The molecule has 0 spiro atoms. The van der Waals surface area contributed by atoms with E-state index in [2.05, 4.69) is 26.6 Å². The molecule has 1 fully saturated rings. The molecular formula is C35H48N6O7. The Morgan fingerprint density at radius 1 is 0.938 bits per heavy atom. The Labute approximate surface area is 281 Å².